The molecule has 0 aromatic heterocycles. The topological polar surface area (TPSA) is 18.5 Å². The number of rotatable bonds is 3. The summed E-state index contributed by atoms with van der Waals surface area (Å²) in [4.78, 5) is 0. The summed E-state index contributed by atoms with van der Waals surface area (Å²) in [5, 5.41) is 0.714. The van der Waals surface area contributed by atoms with Crippen molar-refractivity contribution in [3.8, 4) is 5.75 Å². The lowest BCUT2D eigenvalue weighted by Gasteiger charge is -2.09. The maximum Gasteiger partial charge on any atom is 0.123 e. The Morgan fingerprint density at radius 2 is 2.00 bits per heavy atom. The molecule has 0 atom stereocenters. The molecular weight excluding hydrogens is 188 g/mol. The van der Waals surface area contributed by atoms with Crippen molar-refractivity contribution in [1.29, 1.82) is 0 Å². The van der Waals surface area contributed by atoms with Gasteiger partial charge in [0, 0.05) is 17.7 Å². The van der Waals surface area contributed by atoms with Crippen molar-refractivity contribution in [1.82, 2.24) is 0 Å². The van der Waals surface area contributed by atoms with Crippen LogP contribution in [-0.2, 0) is 11.3 Å². The van der Waals surface area contributed by atoms with Crippen LogP contribution in [0.3, 0.4) is 0 Å². The van der Waals surface area contributed by atoms with Crippen LogP contribution in [-0.4, -0.2) is 14.2 Å². The summed E-state index contributed by atoms with van der Waals surface area (Å²) in [6, 6.07) is 3.83. The Balaban J connectivity index is 3.06. The van der Waals surface area contributed by atoms with Crippen LogP contribution in [0.15, 0.2) is 12.1 Å². The third-order valence-electron chi connectivity index (χ3n) is 1.89. The van der Waals surface area contributed by atoms with Gasteiger partial charge in [0.15, 0.2) is 0 Å². The Kier molecular flexibility index (Phi) is 3.58. The second kappa shape index (κ2) is 4.49. The van der Waals surface area contributed by atoms with Crippen LogP contribution in [0.1, 0.15) is 11.1 Å². The van der Waals surface area contributed by atoms with Crippen molar-refractivity contribution < 1.29 is 9.47 Å². The van der Waals surface area contributed by atoms with Crippen molar-refractivity contribution in [3.63, 3.8) is 0 Å². The molecule has 1 rings (SSSR count). The van der Waals surface area contributed by atoms with Gasteiger partial charge in [-0.05, 0) is 24.6 Å². The third kappa shape index (κ3) is 2.36. The molecule has 0 N–H and O–H groups in total. The number of benzene rings is 1. The van der Waals surface area contributed by atoms with E-state index in [0.29, 0.717) is 11.6 Å². The molecule has 0 spiro atoms. The van der Waals surface area contributed by atoms with E-state index in [1.807, 2.05) is 19.1 Å². The first-order chi connectivity index (χ1) is 6.19. The number of methoxy groups -OCH3 is 2. The van der Waals surface area contributed by atoms with Crippen LogP contribution in [0.2, 0.25) is 5.02 Å². The van der Waals surface area contributed by atoms with Crippen LogP contribution in [0.4, 0.5) is 0 Å². The quantitative estimate of drug-likeness (QED) is 0.747. The maximum atomic E-state index is 6.00. The molecule has 0 radical (unpaired) electrons. The molecule has 72 valence electrons. The van der Waals surface area contributed by atoms with E-state index in [9.17, 15) is 0 Å². The van der Waals surface area contributed by atoms with E-state index in [0.717, 1.165) is 16.9 Å². The summed E-state index contributed by atoms with van der Waals surface area (Å²) < 4.78 is 10.2. The Morgan fingerprint density at radius 1 is 1.31 bits per heavy atom. The fraction of sp³-hybridized carbons (Fsp3) is 0.400. The van der Waals surface area contributed by atoms with Gasteiger partial charge in [-0.15, -0.1) is 0 Å². The van der Waals surface area contributed by atoms with E-state index in [4.69, 9.17) is 21.1 Å². The first kappa shape index (κ1) is 10.4. The van der Waals surface area contributed by atoms with E-state index in [1.54, 1.807) is 14.2 Å². The molecule has 0 bridgehead atoms. The fourth-order valence-corrected chi connectivity index (χ4v) is 1.40. The summed E-state index contributed by atoms with van der Waals surface area (Å²) in [7, 11) is 3.29. The predicted octanol–water partition coefficient (Wildman–Crippen LogP) is 2.80. The van der Waals surface area contributed by atoms with Crippen LogP contribution in [0, 0.1) is 6.92 Å². The summed E-state index contributed by atoms with van der Waals surface area (Å²) in [6.07, 6.45) is 0. The zero-order chi connectivity index (χ0) is 9.84. The maximum absolute atomic E-state index is 6.00. The van der Waals surface area contributed by atoms with Gasteiger partial charge in [-0.3, -0.25) is 0 Å². The first-order valence-corrected chi connectivity index (χ1v) is 4.38. The summed E-state index contributed by atoms with van der Waals surface area (Å²) in [6.45, 7) is 2.48. The largest absolute Gasteiger partial charge is 0.496 e. The van der Waals surface area contributed by atoms with E-state index in [2.05, 4.69) is 0 Å². The molecule has 0 fully saturated rings. The van der Waals surface area contributed by atoms with Crippen LogP contribution < -0.4 is 4.74 Å². The molecule has 1 aromatic carbocycles. The molecule has 2 nitrogen and oxygen atoms in total. The van der Waals surface area contributed by atoms with Crippen molar-refractivity contribution in [2.24, 2.45) is 0 Å². The Morgan fingerprint density at radius 3 is 2.54 bits per heavy atom. The summed E-state index contributed by atoms with van der Waals surface area (Å²) >= 11 is 6.00. The molecule has 0 aliphatic rings. The van der Waals surface area contributed by atoms with Crippen LogP contribution in [0.5, 0.6) is 5.75 Å². The van der Waals surface area contributed by atoms with Gasteiger partial charge in [0.25, 0.3) is 0 Å². The molecule has 13 heavy (non-hydrogen) atoms. The zero-order valence-electron chi connectivity index (χ0n) is 8.06. The molecule has 0 amide bonds. The van der Waals surface area contributed by atoms with E-state index in [-0.39, 0.29) is 0 Å². The van der Waals surface area contributed by atoms with E-state index in [1.165, 1.54) is 0 Å². The Hall–Kier alpha value is -0.730. The van der Waals surface area contributed by atoms with Gasteiger partial charge >= 0.3 is 0 Å². The van der Waals surface area contributed by atoms with Crippen molar-refractivity contribution in [2.75, 3.05) is 14.2 Å². The standard InChI is InChI=1S/C10H13ClO2/c1-7-9(11)4-8(6-12-2)5-10(7)13-3/h4-5H,6H2,1-3H3. The Labute approximate surface area is 83.4 Å². The first-order valence-electron chi connectivity index (χ1n) is 4.01. The molecule has 0 saturated heterocycles. The lowest BCUT2D eigenvalue weighted by molar-refractivity contribution is 0.184. The van der Waals surface area contributed by atoms with Gasteiger partial charge in [-0.1, -0.05) is 11.6 Å². The number of hydrogen-bond acceptors (Lipinski definition) is 2. The molecule has 0 aliphatic carbocycles. The molecule has 0 unspecified atom stereocenters. The van der Waals surface area contributed by atoms with Crippen molar-refractivity contribution in [2.45, 2.75) is 13.5 Å². The normalized spacial score (nSPS) is 10.2. The second-order valence-corrected chi connectivity index (χ2v) is 3.25. The highest BCUT2D eigenvalue weighted by molar-refractivity contribution is 6.31. The van der Waals surface area contributed by atoms with Gasteiger partial charge in [-0.2, -0.15) is 0 Å². The van der Waals surface area contributed by atoms with Crippen molar-refractivity contribution >= 4 is 11.6 Å². The van der Waals surface area contributed by atoms with Gasteiger partial charge in [0.2, 0.25) is 0 Å². The number of halogens is 1. The van der Waals surface area contributed by atoms with Gasteiger partial charge < -0.3 is 9.47 Å². The number of hydrogen-bond donors (Lipinski definition) is 0. The lowest BCUT2D eigenvalue weighted by Crippen LogP contribution is -1.93. The van der Waals surface area contributed by atoms with Gasteiger partial charge in [-0.25, -0.2) is 0 Å². The van der Waals surface area contributed by atoms with Crippen LogP contribution >= 0.6 is 11.6 Å². The highest BCUT2D eigenvalue weighted by Gasteiger charge is 2.05. The Bertz CT molecular complexity index is 297. The molecule has 1 aromatic rings. The van der Waals surface area contributed by atoms with Gasteiger partial charge in [0.1, 0.15) is 5.75 Å². The molecule has 0 heterocycles. The van der Waals surface area contributed by atoms with Crippen LogP contribution in [0.25, 0.3) is 0 Å². The molecular formula is C10H13ClO2. The lowest BCUT2D eigenvalue weighted by atomic mass is 10.1. The summed E-state index contributed by atoms with van der Waals surface area (Å²) in [5.41, 5.74) is 1.99. The fourth-order valence-electron chi connectivity index (χ4n) is 1.17. The third-order valence-corrected chi connectivity index (χ3v) is 2.28. The van der Waals surface area contributed by atoms with Gasteiger partial charge in [0.05, 0.1) is 13.7 Å². The highest BCUT2D eigenvalue weighted by Crippen LogP contribution is 2.27. The monoisotopic (exact) mass is 200 g/mol. The number of ether oxygens (including phenoxy) is 2. The van der Waals surface area contributed by atoms with Crippen molar-refractivity contribution in [3.05, 3.63) is 28.3 Å². The second-order valence-electron chi connectivity index (χ2n) is 2.84. The SMILES string of the molecule is COCc1cc(Cl)c(C)c(OC)c1. The minimum Gasteiger partial charge on any atom is -0.496 e. The predicted molar refractivity (Wildman–Crippen MR) is 53.5 cm³/mol. The van der Waals surface area contributed by atoms with E-state index < -0.39 is 0 Å². The highest BCUT2D eigenvalue weighted by atomic mass is 35.5. The van der Waals surface area contributed by atoms with E-state index >= 15 is 0 Å². The minimum absolute atomic E-state index is 0.552. The average molecular weight is 201 g/mol. The molecule has 0 aliphatic heterocycles. The summed E-state index contributed by atoms with van der Waals surface area (Å²) in [5.74, 6) is 0.805. The zero-order valence-corrected chi connectivity index (χ0v) is 8.81. The smallest absolute Gasteiger partial charge is 0.123 e. The average Bonchev–Trinajstić information content (AvgIpc) is 2.11. The minimum atomic E-state index is 0.552. The molecule has 3 heteroatoms. The molecule has 0 saturated carbocycles.